The minimum atomic E-state index is 0.614. The second-order valence-corrected chi connectivity index (χ2v) is 4.90. The molecule has 0 amide bonds. The number of nitrogens with zero attached hydrogens (tertiary/aromatic N) is 1. The summed E-state index contributed by atoms with van der Waals surface area (Å²) in [5.41, 5.74) is 10.1. The zero-order chi connectivity index (χ0) is 13.1. The number of imidazole rings is 1. The number of aromatic nitrogens is 2. The van der Waals surface area contributed by atoms with E-state index in [1.807, 2.05) is 26.0 Å². The molecule has 0 aliphatic heterocycles. The number of nitrogens with two attached hydrogens (primary N) is 1. The van der Waals surface area contributed by atoms with Crippen molar-refractivity contribution in [3.05, 3.63) is 51.6 Å². The Kier molecular flexibility index (Phi) is 4.04. The third-order valence-corrected chi connectivity index (χ3v) is 3.56. The van der Waals surface area contributed by atoms with E-state index in [0.717, 1.165) is 40.6 Å². The highest BCUT2D eigenvalue weighted by Crippen LogP contribution is 2.21. The molecule has 1 aromatic heterocycles. The molecular weight excluding hydrogens is 246 g/mol. The summed E-state index contributed by atoms with van der Waals surface area (Å²) in [6.07, 6.45) is 1.59. The fraction of sp³-hybridized carbons (Fsp3) is 0.357. The summed E-state index contributed by atoms with van der Waals surface area (Å²) in [4.78, 5) is 7.86. The normalized spacial score (nSPS) is 10.9. The van der Waals surface area contributed by atoms with Crippen LogP contribution in [0.1, 0.15) is 28.3 Å². The lowest BCUT2D eigenvalue weighted by Crippen LogP contribution is -2.04. The minimum Gasteiger partial charge on any atom is -0.346 e. The van der Waals surface area contributed by atoms with Crippen molar-refractivity contribution in [2.75, 3.05) is 6.54 Å². The van der Waals surface area contributed by atoms with E-state index in [4.69, 9.17) is 17.3 Å². The SMILES string of the molecule is Cc1[nH]c(CCN)nc1Cc1cccc(Cl)c1C. The lowest BCUT2D eigenvalue weighted by atomic mass is 10.0. The number of aromatic amines is 1. The average molecular weight is 264 g/mol. The van der Waals surface area contributed by atoms with Crippen molar-refractivity contribution in [1.82, 2.24) is 9.97 Å². The van der Waals surface area contributed by atoms with Crippen molar-refractivity contribution in [2.45, 2.75) is 26.7 Å². The fourth-order valence-electron chi connectivity index (χ4n) is 2.01. The molecule has 2 aromatic rings. The molecule has 0 fully saturated rings. The largest absolute Gasteiger partial charge is 0.346 e. The van der Waals surface area contributed by atoms with E-state index in [1.54, 1.807) is 0 Å². The number of halogens is 1. The maximum absolute atomic E-state index is 6.13. The van der Waals surface area contributed by atoms with Crippen LogP contribution >= 0.6 is 11.6 Å². The molecule has 2 rings (SSSR count). The van der Waals surface area contributed by atoms with E-state index in [2.05, 4.69) is 16.0 Å². The predicted octanol–water partition coefficient (Wildman–Crippen LogP) is 2.77. The van der Waals surface area contributed by atoms with E-state index in [0.29, 0.717) is 6.54 Å². The molecule has 18 heavy (non-hydrogen) atoms. The van der Waals surface area contributed by atoms with Gasteiger partial charge in [-0.05, 0) is 37.6 Å². The van der Waals surface area contributed by atoms with Crippen LogP contribution in [-0.4, -0.2) is 16.5 Å². The zero-order valence-corrected chi connectivity index (χ0v) is 11.5. The van der Waals surface area contributed by atoms with Gasteiger partial charge >= 0.3 is 0 Å². The van der Waals surface area contributed by atoms with Crippen LogP contribution in [0.5, 0.6) is 0 Å². The standard InChI is InChI=1S/C14H18ClN3/c1-9-11(4-3-5-12(9)15)8-13-10(2)17-14(18-13)6-7-16/h3-5H,6-8,16H2,1-2H3,(H,17,18). The first kappa shape index (κ1) is 13.1. The van der Waals surface area contributed by atoms with E-state index < -0.39 is 0 Å². The number of aryl methyl sites for hydroxylation is 1. The first-order valence-corrected chi connectivity index (χ1v) is 6.48. The van der Waals surface area contributed by atoms with Gasteiger partial charge in [0.2, 0.25) is 0 Å². The molecule has 0 saturated heterocycles. The average Bonchev–Trinajstić information content (AvgIpc) is 2.66. The Morgan fingerprint density at radius 3 is 2.83 bits per heavy atom. The first-order valence-electron chi connectivity index (χ1n) is 6.10. The Balaban J connectivity index is 2.25. The van der Waals surface area contributed by atoms with Crippen molar-refractivity contribution in [3.8, 4) is 0 Å². The summed E-state index contributed by atoms with van der Waals surface area (Å²) in [5.74, 6) is 0.963. The van der Waals surface area contributed by atoms with Gasteiger partial charge < -0.3 is 10.7 Å². The highest BCUT2D eigenvalue weighted by molar-refractivity contribution is 6.31. The van der Waals surface area contributed by atoms with Gasteiger partial charge in [-0.3, -0.25) is 0 Å². The molecule has 1 aromatic carbocycles. The van der Waals surface area contributed by atoms with Gasteiger partial charge in [-0.1, -0.05) is 23.7 Å². The van der Waals surface area contributed by atoms with Crippen molar-refractivity contribution in [1.29, 1.82) is 0 Å². The van der Waals surface area contributed by atoms with Gasteiger partial charge in [-0.15, -0.1) is 0 Å². The zero-order valence-electron chi connectivity index (χ0n) is 10.8. The summed E-state index contributed by atoms with van der Waals surface area (Å²) in [5, 5.41) is 0.808. The maximum atomic E-state index is 6.13. The van der Waals surface area contributed by atoms with Crippen molar-refractivity contribution < 1.29 is 0 Å². The van der Waals surface area contributed by atoms with Crippen LogP contribution in [0.25, 0.3) is 0 Å². The lowest BCUT2D eigenvalue weighted by Gasteiger charge is -2.06. The van der Waals surface area contributed by atoms with Crippen LogP contribution in [0.4, 0.5) is 0 Å². The van der Waals surface area contributed by atoms with Crippen LogP contribution in [0, 0.1) is 13.8 Å². The number of hydrogen-bond donors (Lipinski definition) is 2. The Hall–Kier alpha value is -1.32. The second-order valence-electron chi connectivity index (χ2n) is 4.49. The molecule has 0 bridgehead atoms. The molecule has 96 valence electrons. The molecule has 1 heterocycles. The van der Waals surface area contributed by atoms with Crippen LogP contribution in [-0.2, 0) is 12.8 Å². The van der Waals surface area contributed by atoms with Crippen LogP contribution in [0.3, 0.4) is 0 Å². The third kappa shape index (κ3) is 2.74. The molecule has 0 aliphatic rings. The van der Waals surface area contributed by atoms with E-state index in [1.165, 1.54) is 5.56 Å². The van der Waals surface area contributed by atoms with Gasteiger partial charge in [0, 0.05) is 23.6 Å². The number of nitrogens with one attached hydrogen (secondary N) is 1. The maximum Gasteiger partial charge on any atom is 0.107 e. The molecule has 0 spiro atoms. The summed E-state index contributed by atoms with van der Waals surface area (Å²) < 4.78 is 0. The highest BCUT2D eigenvalue weighted by atomic mass is 35.5. The molecule has 3 nitrogen and oxygen atoms in total. The molecule has 3 N–H and O–H groups in total. The van der Waals surface area contributed by atoms with Crippen molar-refractivity contribution in [2.24, 2.45) is 5.73 Å². The molecule has 0 saturated carbocycles. The first-order chi connectivity index (χ1) is 8.61. The smallest absolute Gasteiger partial charge is 0.107 e. The van der Waals surface area contributed by atoms with E-state index in [9.17, 15) is 0 Å². The van der Waals surface area contributed by atoms with Gasteiger partial charge in [0.15, 0.2) is 0 Å². The van der Waals surface area contributed by atoms with E-state index >= 15 is 0 Å². The monoisotopic (exact) mass is 263 g/mol. The third-order valence-electron chi connectivity index (χ3n) is 3.15. The highest BCUT2D eigenvalue weighted by Gasteiger charge is 2.09. The quantitative estimate of drug-likeness (QED) is 0.891. The summed E-state index contributed by atoms with van der Waals surface area (Å²) >= 11 is 6.13. The van der Waals surface area contributed by atoms with E-state index in [-0.39, 0.29) is 0 Å². The Morgan fingerprint density at radius 2 is 2.11 bits per heavy atom. The lowest BCUT2D eigenvalue weighted by molar-refractivity contribution is 0.885. The summed E-state index contributed by atoms with van der Waals surface area (Å²) in [6, 6.07) is 5.99. The van der Waals surface area contributed by atoms with Crippen molar-refractivity contribution in [3.63, 3.8) is 0 Å². The minimum absolute atomic E-state index is 0.614. The van der Waals surface area contributed by atoms with Crippen LogP contribution in [0.15, 0.2) is 18.2 Å². The number of hydrogen-bond acceptors (Lipinski definition) is 2. The van der Waals surface area contributed by atoms with Crippen molar-refractivity contribution >= 4 is 11.6 Å². The van der Waals surface area contributed by atoms with Gasteiger partial charge in [0.25, 0.3) is 0 Å². The predicted molar refractivity (Wildman–Crippen MR) is 75.1 cm³/mol. The molecule has 0 radical (unpaired) electrons. The van der Waals surface area contributed by atoms with Gasteiger partial charge in [-0.25, -0.2) is 4.98 Å². The molecular formula is C14H18ClN3. The number of benzene rings is 1. The second kappa shape index (κ2) is 5.55. The molecule has 0 aliphatic carbocycles. The fourth-order valence-corrected chi connectivity index (χ4v) is 2.21. The van der Waals surface area contributed by atoms with Gasteiger partial charge in [0.05, 0.1) is 5.69 Å². The van der Waals surface area contributed by atoms with Crippen LogP contribution < -0.4 is 5.73 Å². The van der Waals surface area contributed by atoms with Crippen LogP contribution in [0.2, 0.25) is 5.02 Å². The Labute approximate surface area is 112 Å². The molecule has 0 atom stereocenters. The van der Waals surface area contributed by atoms with Gasteiger partial charge in [0.1, 0.15) is 5.82 Å². The topological polar surface area (TPSA) is 54.7 Å². The Morgan fingerprint density at radius 1 is 1.33 bits per heavy atom. The Bertz CT molecular complexity index is 546. The molecule has 4 heteroatoms. The number of rotatable bonds is 4. The summed E-state index contributed by atoms with van der Waals surface area (Å²) in [7, 11) is 0. The van der Waals surface area contributed by atoms with Gasteiger partial charge in [-0.2, -0.15) is 0 Å². The molecule has 0 unspecified atom stereocenters. The number of H-pyrrole nitrogens is 1. The summed E-state index contributed by atoms with van der Waals surface area (Å²) in [6.45, 7) is 4.70.